The van der Waals surface area contributed by atoms with Gasteiger partial charge in [0.15, 0.2) is 11.5 Å². The maximum Gasteiger partial charge on any atom is 0.407 e. The van der Waals surface area contributed by atoms with Crippen LogP contribution in [0.5, 0.6) is 23.1 Å². The summed E-state index contributed by atoms with van der Waals surface area (Å²) in [5.74, 6) is 0.807. The van der Waals surface area contributed by atoms with Crippen molar-refractivity contribution in [2.45, 2.75) is 30.7 Å². The second-order valence-corrected chi connectivity index (χ2v) is 13.0. The number of anilines is 2. The SMILES string of the molecule is Cc1ccc2c(NS(=O)(=O)c3ccc4c(c3)OCO4)c(F)ccc2c1Oc1ncccc1-c1ccnc(N[C@H]2CCCN(C(=O)O)C2)n1. The second kappa shape index (κ2) is 12.5. The minimum atomic E-state index is -4.23. The molecule has 0 saturated carbocycles. The highest BCUT2D eigenvalue weighted by Gasteiger charge is 2.25. The summed E-state index contributed by atoms with van der Waals surface area (Å²) in [5, 5.41) is 13.4. The molecule has 0 bridgehead atoms. The first kappa shape index (κ1) is 30.9. The maximum absolute atomic E-state index is 15.3. The van der Waals surface area contributed by atoms with Crippen molar-refractivity contribution in [3.63, 3.8) is 0 Å². The van der Waals surface area contributed by atoms with E-state index in [-0.39, 0.29) is 40.4 Å². The highest BCUT2D eigenvalue weighted by atomic mass is 32.2. The Morgan fingerprint density at radius 2 is 1.88 bits per heavy atom. The first-order valence-corrected chi connectivity index (χ1v) is 16.5. The Morgan fingerprint density at radius 1 is 1.04 bits per heavy atom. The van der Waals surface area contributed by atoms with Crippen molar-refractivity contribution in [2.24, 2.45) is 0 Å². The number of fused-ring (bicyclic) bond motifs is 2. The molecule has 7 rings (SSSR count). The molecule has 48 heavy (non-hydrogen) atoms. The average molecular weight is 673 g/mol. The topological polar surface area (TPSA) is 165 Å². The van der Waals surface area contributed by atoms with Gasteiger partial charge in [0.05, 0.1) is 21.8 Å². The molecule has 2 aliphatic rings. The number of hydrogen-bond acceptors (Lipinski definition) is 10. The van der Waals surface area contributed by atoms with Crippen LogP contribution in [-0.2, 0) is 10.0 Å². The number of pyridine rings is 1. The Labute approximate surface area is 274 Å². The standard InChI is InChI=1S/C33H29FN6O7S/c1-19-6-8-22-23(9-10-25(34)29(22)39-48(43,44)21-7-11-27-28(16-21)46-18-45-27)30(19)47-31-24(5-2-13-35-31)26-12-14-36-32(38-26)37-20-4-3-15-40(17-20)33(41)42/h2,5-14,16,20,39H,3-4,15,17-18H2,1H3,(H,41,42)(H,36,37,38)/t20-/m0/s1. The van der Waals surface area contributed by atoms with E-state index in [1.807, 2.05) is 6.92 Å². The minimum Gasteiger partial charge on any atom is -0.465 e. The molecule has 13 nitrogen and oxygen atoms in total. The first-order valence-electron chi connectivity index (χ1n) is 15.0. The van der Waals surface area contributed by atoms with Crippen molar-refractivity contribution in [1.82, 2.24) is 19.9 Å². The number of hydrogen-bond donors (Lipinski definition) is 3. The van der Waals surface area contributed by atoms with Gasteiger partial charge in [-0.2, -0.15) is 0 Å². The van der Waals surface area contributed by atoms with Gasteiger partial charge in [0.2, 0.25) is 18.6 Å². The number of halogens is 1. The molecule has 4 heterocycles. The molecule has 2 aliphatic heterocycles. The molecule has 1 amide bonds. The van der Waals surface area contributed by atoms with Crippen molar-refractivity contribution < 1.29 is 36.9 Å². The number of amides is 1. The quantitative estimate of drug-likeness (QED) is 0.177. The zero-order valence-corrected chi connectivity index (χ0v) is 26.3. The van der Waals surface area contributed by atoms with Crippen LogP contribution in [0.25, 0.3) is 22.0 Å². The van der Waals surface area contributed by atoms with E-state index >= 15 is 4.39 Å². The van der Waals surface area contributed by atoms with E-state index in [4.69, 9.17) is 14.2 Å². The number of carboxylic acid groups (broad SMARTS) is 1. The number of likely N-dealkylation sites (tertiary alicyclic amines) is 1. The third kappa shape index (κ3) is 6.07. The molecule has 1 fully saturated rings. The van der Waals surface area contributed by atoms with E-state index in [2.05, 4.69) is 25.0 Å². The molecule has 15 heteroatoms. The Bertz CT molecular complexity index is 2170. The summed E-state index contributed by atoms with van der Waals surface area (Å²) in [6.07, 6.45) is 3.68. The van der Waals surface area contributed by atoms with Gasteiger partial charge in [-0.3, -0.25) is 4.72 Å². The fourth-order valence-electron chi connectivity index (χ4n) is 5.73. The molecular weight excluding hydrogens is 643 g/mol. The number of nitrogens with one attached hydrogen (secondary N) is 2. The highest BCUT2D eigenvalue weighted by molar-refractivity contribution is 7.92. The number of sulfonamides is 1. The molecule has 246 valence electrons. The van der Waals surface area contributed by atoms with Gasteiger partial charge >= 0.3 is 6.09 Å². The van der Waals surface area contributed by atoms with Gasteiger partial charge in [0.25, 0.3) is 10.0 Å². The van der Waals surface area contributed by atoms with Crippen LogP contribution in [0.1, 0.15) is 18.4 Å². The van der Waals surface area contributed by atoms with Crippen LogP contribution >= 0.6 is 0 Å². The highest BCUT2D eigenvalue weighted by Crippen LogP contribution is 2.41. The fourth-order valence-corrected chi connectivity index (χ4v) is 6.83. The van der Waals surface area contributed by atoms with Crippen molar-refractivity contribution in [1.29, 1.82) is 0 Å². The summed E-state index contributed by atoms with van der Waals surface area (Å²) >= 11 is 0. The van der Waals surface area contributed by atoms with Crippen LogP contribution < -0.4 is 24.2 Å². The second-order valence-electron chi connectivity index (χ2n) is 11.3. The van der Waals surface area contributed by atoms with Gasteiger partial charge in [0.1, 0.15) is 11.6 Å². The molecule has 0 radical (unpaired) electrons. The number of rotatable bonds is 8. The smallest absolute Gasteiger partial charge is 0.407 e. The monoisotopic (exact) mass is 672 g/mol. The number of aryl methyl sites for hydroxylation is 1. The van der Waals surface area contributed by atoms with Crippen LogP contribution in [0.3, 0.4) is 0 Å². The van der Waals surface area contributed by atoms with E-state index < -0.39 is 21.9 Å². The third-order valence-electron chi connectivity index (χ3n) is 8.11. The Balaban J connectivity index is 1.20. The third-order valence-corrected chi connectivity index (χ3v) is 9.46. The molecule has 5 aromatic rings. The average Bonchev–Trinajstić information content (AvgIpc) is 3.56. The molecule has 3 N–H and O–H groups in total. The molecule has 1 saturated heterocycles. The van der Waals surface area contributed by atoms with Crippen LogP contribution in [-0.4, -0.2) is 65.4 Å². The molecule has 3 aromatic carbocycles. The number of aromatic nitrogens is 3. The molecule has 0 spiro atoms. The lowest BCUT2D eigenvalue weighted by Gasteiger charge is -2.31. The van der Waals surface area contributed by atoms with Crippen LogP contribution in [0.15, 0.2) is 78.0 Å². The van der Waals surface area contributed by atoms with Gasteiger partial charge in [-0.15, -0.1) is 0 Å². The van der Waals surface area contributed by atoms with Gasteiger partial charge in [0, 0.05) is 48.4 Å². The number of benzene rings is 3. The summed E-state index contributed by atoms with van der Waals surface area (Å²) < 4.78 is 61.5. The van der Waals surface area contributed by atoms with Crippen LogP contribution in [0.4, 0.5) is 20.8 Å². The van der Waals surface area contributed by atoms with E-state index in [9.17, 15) is 18.3 Å². The lowest BCUT2D eigenvalue weighted by atomic mass is 10.0. The minimum absolute atomic E-state index is 0.0203. The summed E-state index contributed by atoms with van der Waals surface area (Å²) in [6, 6.07) is 15.2. The van der Waals surface area contributed by atoms with E-state index in [0.29, 0.717) is 52.7 Å². The van der Waals surface area contributed by atoms with Crippen molar-refractivity contribution >= 4 is 38.5 Å². The number of carbonyl (C=O) groups is 1. The Hall–Kier alpha value is -5.70. The van der Waals surface area contributed by atoms with Gasteiger partial charge < -0.3 is 29.5 Å². The predicted molar refractivity (Wildman–Crippen MR) is 174 cm³/mol. The molecule has 0 unspecified atom stereocenters. The zero-order chi connectivity index (χ0) is 33.4. The Morgan fingerprint density at radius 3 is 2.73 bits per heavy atom. The van der Waals surface area contributed by atoms with Crippen LogP contribution in [0, 0.1) is 12.7 Å². The van der Waals surface area contributed by atoms with Gasteiger partial charge in [-0.05, 0) is 67.8 Å². The zero-order valence-electron chi connectivity index (χ0n) is 25.5. The van der Waals surface area contributed by atoms with E-state index in [0.717, 1.165) is 12.8 Å². The van der Waals surface area contributed by atoms with Crippen molar-refractivity contribution in [3.8, 4) is 34.4 Å². The summed E-state index contributed by atoms with van der Waals surface area (Å²) in [5.41, 5.74) is 1.50. The number of piperidine rings is 1. The lowest BCUT2D eigenvalue weighted by molar-refractivity contribution is 0.132. The van der Waals surface area contributed by atoms with Gasteiger partial charge in [-0.25, -0.2) is 32.6 Å². The Kier molecular flexibility index (Phi) is 8.04. The summed E-state index contributed by atoms with van der Waals surface area (Å²) in [7, 11) is -4.23. The lowest BCUT2D eigenvalue weighted by Crippen LogP contribution is -2.44. The molecule has 2 aromatic heterocycles. The van der Waals surface area contributed by atoms with Gasteiger partial charge in [-0.1, -0.05) is 12.1 Å². The molecular formula is C33H29FN6O7S. The predicted octanol–water partition coefficient (Wildman–Crippen LogP) is 6.02. The van der Waals surface area contributed by atoms with Crippen molar-refractivity contribution in [2.75, 3.05) is 29.9 Å². The maximum atomic E-state index is 15.3. The normalized spacial score (nSPS) is 15.7. The van der Waals surface area contributed by atoms with E-state index in [1.165, 1.54) is 35.2 Å². The first-order chi connectivity index (χ1) is 23.2. The summed E-state index contributed by atoms with van der Waals surface area (Å²) in [6.45, 7) is 2.60. The largest absolute Gasteiger partial charge is 0.465 e. The van der Waals surface area contributed by atoms with Crippen LogP contribution in [0.2, 0.25) is 0 Å². The molecule has 0 aliphatic carbocycles. The molecule has 1 atom stereocenters. The van der Waals surface area contributed by atoms with Crippen molar-refractivity contribution in [3.05, 3.63) is 84.4 Å². The fraction of sp³-hybridized carbons (Fsp3) is 0.212. The van der Waals surface area contributed by atoms with E-state index in [1.54, 1.807) is 42.7 Å². The summed E-state index contributed by atoms with van der Waals surface area (Å²) in [4.78, 5) is 26.2. The number of ether oxygens (including phenoxy) is 3. The number of nitrogens with zero attached hydrogens (tertiary/aromatic N) is 4.